The van der Waals surface area contributed by atoms with Gasteiger partial charge in [-0.15, -0.1) is 0 Å². The maximum atomic E-state index is 9.87. The van der Waals surface area contributed by atoms with Crippen molar-refractivity contribution in [2.45, 2.75) is 0 Å². The minimum atomic E-state index is -10.7. The number of nitrogens with zero attached hydrogens (tertiary/aromatic N) is 2. The van der Waals surface area contributed by atoms with E-state index in [2.05, 4.69) is 24.3 Å². The van der Waals surface area contributed by atoms with E-state index < -0.39 is 15.6 Å². The number of aromatic nitrogens is 2. The van der Waals surface area contributed by atoms with E-state index in [1.807, 2.05) is 61.2 Å². The van der Waals surface area contributed by atoms with Crippen LogP contribution in [-0.2, 0) is 4.74 Å². The Labute approximate surface area is 223 Å². The second-order valence-electron chi connectivity index (χ2n) is 8.06. The molecular weight excluding hydrogens is 630 g/mol. The third-order valence-corrected chi connectivity index (χ3v) is 4.26. The van der Waals surface area contributed by atoms with Gasteiger partial charge in [-0.2, -0.15) is 0 Å². The first-order chi connectivity index (χ1) is 18.3. The standard InChI is InChI=1S/C22H22N2O3.2F6P/c1-3-7-21-17-23(11-9-19(21)5-1)26-15-13-25-14-16-27-24-12-10-20-6-2-4-8-22(20)18-24;2*1-7(2,3,4,5)6/h1-12,17-18H,13-16H2;;/q+2;2*-1. The Morgan fingerprint density at radius 2 is 0.732 bits per heavy atom. The van der Waals surface area contributed by atoms with Crippen molar-refractivity contribution in [2.24, 2.45) is 0 Å². The van der Waals surface area contributed by atoms with E-state index in [4.69, 9.17) is 14.4 Å². The molecule has 0 aliphatic rings. The number of pyridine rings is 2. The predicted octanol–water partition coefficient (Wildman–Crippen LogP) is 8.91. The largest absolute Gasteiger partial charge is 0.374 e. The van der Waals surface area contributed by atoms with Gasteiger partial charge in [0.2, 0.25) is 24.8 Å². The van der Waals surface area contributed by atoms with Crippen molar-refractivity contribution in [3.05, 3.63) is 85.5 Å². The van der Waals surface area contributed by atoms with Gasteiger partial charge < -0.3 is 4.74 Å². The SMILES string of the molecule is F[P-](F)(F)(F)(F)F.F[P-](F)(F)(F)(F)F.c1ccc2c[n+](OCCOCCO[n+]3ccc4ccccc4c3)ccc2c1. The van der Waals surface area contributed by atoms with Crippen molar-refractivity contribution in [1.29, 1.82) is 0 Å². The van der Waals surface area contributed by atoms with Crippen LogP contribution in [0.25, 0.3) is 21.5 Å². The number of halogens is 12. The minimum absolute atomic E-state index is 0.478. The fourth-order valence-corrected chi connectivity index (χ4v) is 2.89. The number of hydrogen-bond donors (Lipinski definition) is 0. The van der Waals surface area contributed by atoms with Crippen molar-refractivity contribution in [3.8, 4) is 0 Å². The van der Waals surface area contributed by atoms with Crippen LogP contribution in [0.15, 0.2) is 85.5 Å². The third-order valence-electron chi connectivity index (χ3n) is 4.26. The molecule has 0 spiro atoms. The molecular formula is C22H22F12N2O3P2. The summed E-state index contributed by atoms with van der Waals surface area (Å²) in [7, 11) is -21.3. The van der Waals surface area contributed by atoms with E-state index >= 15 is 0 Å². The van der Waals surface area contributed by atoms with Crippen LogP contribution in [0.3, 0.4) is 0 Å². The van der Waals surface area contributed by atoms with Gasteiger partial charge in [-0.25, -0.2) is 0 Å². The molecule has 0 aliphatic carbocycles. The molecule has 0 radical (unpaired) electrons. The van der Waals surface area contributed by atoms with Crippen LogP contribution in [0.2, 0.25) is 0 Å². The summed E-state index contributed by atoms with van der Waals surface area (Å²) >= 11 is 0. The first kappa shape index (κ1) is 34.0. The van der Waals surface area contributed by atoms with Crippen LogP contribution < -0.4 is 19.1 Å². The zero-order chi connectivity index (χ0) is 31.1. The topological polar surface area (TPSA) is 35.5 Å². The number of fused-ring (bicyclic) bond motifs is 2. The molecule has 2 heterocycles. The molecule has 232 valence electrons. The quantitative estimate of drug-likeness (QED) is 0.0826. The van der Waals surface area contributed by atoms with E-state index in [1.54, 1.807) is 9.46 Å². The monoisotopic (exact) mass is 652 g/mol. The van der Waals surface area contributed by atoms with Gasteiger partial charge in [0.15, 0.2) is 13.2 Å². The number of ether oxygens (including phenoxy) is 1. The Kier molecular flexibility index (Phi) is 9.06. The molecule has 0 aliphatic heterocycles. The van der Waals surface area contributed by atoms with Gasteiger partial charge in [0.05, 0.1) is 24.0 Å². The summed E-state index contributed by atoms with van der Waals surface area (Å²) in [6.45, 7) is 1.97. The Morgan fingerprint density at radius 1 is 0.439 bits per heavy atom. The van der Waals surface area contributed by atoms with Crippen molar-refractivity contribution in [3.63, 3.8) is 0 Å². The zero-order valence-corrected chi connectivity index (χ0v) is 22.2. The van der Waals surface area contributed by atoms with E-state index in [-0.39, 0.29) is 0 Å². The van der Waals surface area contributed by atoms with Gasteiger partial charge in [0.25, 0.3) is 0 Å². The molecule has 0 atom stereocenters. The van der Waals surface area contributed by atoms with Gasteiger partial charge in [-0.3, -0.25) is 9.68 Å². The van der Waals surface area contributed by atoms with Gasteiger partial charge in [0.1, 0.15) is 0 Å². The number of rotatable bonds is 8. The molecule has 5 nitrogen and oxygen atoms in total. The van der Waals surface area contributed by atoms with E-state index in [0.717, 1.165) is 10.8 Å². The molecule has 19 heteroatoms. The maximum absolute atomic E-state index is 10.7. The van der Waals surface area contributed by atoms with Crippen LogP contribution in [0.1, 0.15) is 0 Å². The molecule has 0 saturated heterocycles. The molecule has 0 bridgehead atoms. The molecule has 2 aromatic carbocycles. The summed E-state index contributed by atoms with van der Waals surface area (Å²) in [5, 5.41) is 4.66. The predicted molar refractivity (Wildman–Crippen MR) is 129 cm³/mol. The van der Waals surface area contributed by atoms with E-state index in [1.165, 1.54) is 10.8 Å². The van der Waals surface area contributed by atoms with Gasteiger partial charge in [-0.05, 0) is 22.9 Å². The van der Waals surface area contributed by atoms with Crippen LogP contribution in [0, 0.1) is 0 Å². The van der Waals surface area contributed by atoms with Crippen molar-refractivity contribution >= 4 is 37.2 Å². The summed E-state index contributed by atoms with van der Waals surface area (Å²) in [5.41, 5.74) is 0. The van der Waals surface area contributed by atoms with E-state index in [0.29, 0.717) is 26.4 Å². The normalized spacial score (nSPS) is 15.1. The van der Waals surface area contributed by atoms with Crippen LogP contribution in [0.5, 0.6) is 0 Å². The van der Waals surface area contributed by atoms with Crippen LogP contribution in [-0.4, -0.2) is 26.4 Å². The maximum Gasteiger partial charge on any atom is 0.230 e. The molecule has 41 heavy (non-hydrogen) atoms. The molecule has 2 aromatic heterocycles. The molecule has 4 rings (SSSR count). The summed E-state index contributed by atoms with van der Waals surface area (Å²) in [6.07, 6.45) is 7.74. The Bertz CT molecular complexity index is 1340. The van der Waals surface area contributed by atoms with Crippen molar-refractivity contribution in [2.75, 3.05) is 26.4 Å². The Balaban J connectivity index is 0.000000349. The first-order valence-corrected chi connectivity index (χ1v) is 15.1. The molecule has 0 unspecified atom stereocenters. The van der Waals surface area contributed by atoms with Gasteiger partial charge in [0, 0.05) is 21.6 Å². The average molecular weight is 652 g/mol. The summed E-state index contributed by atoms with van der Waals surface area (Å²) in [4.78, 5) is 11.3. The van der Waals surface area contributed by atoms with Crippen LogP contribution in [0.4, 0.5) is 50.4 Å². The summed E-state index contributed by atoms with van der Waals surface area (Å²) in [6, 6.07) is 20.4. The summed E-state index contributed by atoms with van der Waals surface area (Å²) in [5.74, 6) is 0. The number of benzene rings is 2. The second-order valence-corrected chi connectivity index (χ2v) is 11.9. The average Bonchev–Trinajstić information content (AvgIpc) is 2.79. The first-order valence-electron chi connectivity index (χ1n) is 11.1. The Morgan fingerprint density at radius 3 is 1.05 bits per heavy atom. The molecule has 0 saturated carbocycles. The van der Waals surface area contributed by atoms with Gasteiger partial charge in [-0.1, -0.05) is 36.4 Å². The smallest absolute Gasteiger partial charge is 0.230 e. The van der Waals surface area contributed by atoms with E-state index in [9.17, 15) is 50.4 Å². The second kappa shape index (κ2) is 10.9. The summed E-state index contributed by atoms with van der Waals surface area (Å²) < 4.78 is 127. The molecule has 0 N–H and O–H groups in total. The van der Waals surface area contributed by atoms with Crippen LogP contribution >= 0.6 is 15.6 Å². The minimum Gasteiger partial charge on any atom is -0.374 e. The Hall–Kier alpha value is -3.16. The fraction of sp³-hybridized carbons (Fsp3) is 0.182. The third kappa shape index (κ3) is 20.4. The van der Waals surface area contributed by atoms with Crippen molar-refractivity contribution < 1.29 is 74.2 Å². The fourth-order valence-electron chi connectivity index (χ4n) is 2.89. The van der Waals surface area contributed by atoms with Crippen molar-refractivity contribution in [1.82, 2.24) is 0 Å². The number of hydrogen-bond acceptors (Lipinski definition) is 3. The molecule has 0 amide bonds. The zero-order valence-electron chi connectivity index (χ0n) is 20.5. The molecule has 4 aromatic rings. The van der Waals surface area contributed by atoms with Gasteiger partial charge >= 0.3 is 66.0 Å². The molecule has 0 fully saturated rings.